The molecule has 0 spiro atoms. The average molecular weight is 325 g/mol. The summed E-state index contributed by atoms with van der Waals surface area (Å²) in [6.07, 6.45) is 2.09. The normalized spacial score (nSPS) is 20.7. The van der Waals surface area contributed by atoms with E-state index in [1.807, 2.05) is 18.2 Å². The predicted octanol–water partition coefficient (Wildman–Crippen LogP) is 3.25. The fourth-order valence-corrected chi connectivity index (χ4v) is 3.31. The van der Waals surface area contributed by atoms with Crippen LogP contribution in [0.1, 0.15) is 32.3 Å². The van der Waals surface area contributed by atoms with E-state index in [-0.39, 0.29) is 6.61 Å². The Labute approximate surface area is 139 Å². The van der Waals surface area contributed by atoms with Gasteiger partial charge < -0.3 is 5.11 Å². The van der Waals surface area contributed by atoms with Gasteiger partial charge in [-0.1, -0.05) is 43.6 Å². The van der Waals surface area contributed by atoms with Gasteiger partial charge in [0.25, 0.3) is 0 Å². The van der Waals surface area contributed by atoms with E-state index >= 15 is 0 Å². The Morgan fingerprint density at radius 1 is 1.27 bits per heavy atom. The molecule has 3 nitrogen and oxygen atoms in total. The van der Waals surface area contributed by atoms with Gasteiger partial charge in [-0.25, -0.2) is 0 Å². The van der Waals surface area contributed by atoms with Crippen LogP contribution in [0.4, 0.5) is 0 Å². The summed E-state index contributed by atoms with van der Waals surface area (Å²) in [4.78, 5) is 5.02. The van der Waals surface area contributed by atoms with Crippen LogP contribution in [0.25, 0.3) is 0 Å². The van der Waals surface area contributed by atoms with Gasteiger partial charge in [-0.15, -0.1) is 0 Å². The highest BCUT2D eigenvalue weighted by atomic mass is 35.5. The van der Waals surface area contributed by atoms with Crippen molar-refractivity contribution < 1.29 is 5.11 Å². The summed E-state index contributed by atoms with van der Waals surface area (Å²) in [6, 6.07) is 8.55. The molecule has 22 heavy (non-hydrogen) atoms. The standard InChI is InChI=1S/C18H29ClN2O/c1-15(2)7-9-21-11-10-20(14-17(21)8-12-22)13-16-5-3-4-6-18(16)19/h3-6,15,17,22H,7-14H2,1-2H3/t17-/m1/s1. The van der Waals surface area contributed by atoms with Crippen molar-refractivity contribution in [2.24, 2.45) is 5.92 Å². The number of aliphatic hydroxyl groups excluding tert-OH is 1. The maximum atomic E-state index is 9.37. The topological polar surface area (TPSA) is 26.7 Å². The lowest BCUT2D eigenvalue weighted by Gasteiger charge is -2.41. The lowest BCUT2D eigenvalue weighted by Crippen LogP contribution is -2.53. The SMILES string of the molecule is CC(C)CCN1CCN(Cc2ccccc2Cl)C[C@H]1CCO. The number of benzene rings is 1. The third-order valence-electron chi connectivity index (χ3n) is 4.50. The smallest absolute Gasteiger partial charge is 0.0451 e. The lowest BCUT2D eigenvalue weighted by molar-refractivity contribution is 0.0524. The largest absolute Gasteiger partial charge is 0.396 e. The minimum absolute atomic E-state index is 0.267. The second kappa shape index (κ2) is 8.88. The molecule has 2 rings (SSSR count). The number of aliphatic hydroxyl groups is 1. The molecule has 1 aliphatic heterocycles. The molecule has 1 aromatic carbocycles. The molecule has 1 atom stereocenters. The molecule has 0 aliphatic carbocycles. The average Bonchev–Trinajstić information content (AvgIpc) is 2.49. The second-order valence-electron chi connectivity index (χ2n) is 6.71. The number of hydrogen-bond donors (Lipinski definition) is 1. The molecule has 0 aromatic heterocycles. The first-order chi connectivity index (χ1) is 10.6. The zero-order valence-electron chi connectivity index (χ0n) is 13.8. The third kappa shape index (κ3) is 5.24. The summed E-state index contributed by atoms with van der Waals surface area (Å²) in [5, 5.41) is 10.2. The number of nitrogens with zero attached hydrogens (tertiary/aromatic N) is 2. The number of rotatable bonds is 7. The molecule has 124 valence electrons. The molecule has 1 N–H and O–H groups in total. The molecule has 0 amide bonds. The van der Waals surface area contributed by atoms with Crippen molar-refractivity contribution in [2.45, 2.75) is 39.3 Å². The van der Waals surface area contributed by atoms with Crippen molar-refractivity contribution in [3.8, 4) is 0 Å². The van der Waals surface area contributed by atoms with Crippen molar-refractivity contribution in [3.63, 3.8) is 0 Å². The minimum Gasteiger partial charge on any atom is -0.396 e. The van der Waals surface area contributed by atoms with Crippen LogP contribution in [0.3, 0.4) is 0 Å². The van der Waals surface area contributed by atoms with Crippen LogP contribution in [0.2, 0.25) is 5.02 Å². The van der Waals surface area contributed by atoms with Crippen molar-refractivity contribution in [3.05, 3.63) is 34.9 Å². The Morgan fingerprint density at radius 2 is 2.05 bits per heavy atom. The van der Waals surface area contributed by atoms with Crippen LogP contribution >= 0.6 is 11.6 Å². The van der Waals surface area contributed by atoms with Crippen LogP contribution in [-0.4, -0.2) is 53.7 Å². The number of halogens is 1. The Kier molecular flexibility index (Phi) is 7.16. The summed E-state index contributed by atoms with van der Waals surface area (Å²) < 4.78 is 0. The molecule has 4 heteroatoms. The minimum atomic E-state index is 0.267. The van der Waals surface area contributed by atoms with Crippen LogP contribution in [-0.2, 0) is 6.54 Å². The molecule has 0 bridgehead atoms. The first-order valence-electron chi connectivity index (χ1n) is 8.40. The summed E-state index contributed by atoms with van der Waals surface area (Å²) >= 11 is 6.28. The van der Waals surface area contributed by atoms with E-state index in [0.29, 0.717) is 6.04 Å². The van der Waals surface area contributed by atoms with Crippen LogP contribution < -0.4 is 0 Å². The summed E-state index contributed by atoms with van der Waals surface area (Å²) in [7, 11) is 0. The molecular formula is C18H29ClN2O. The summed E-state index contributed by atoms with van der Waals surface area (Å²) in [5.41, 5.74) is 1.20. The predicted molar refractivity (Wildman–Crippen MR) is 93.2 cm³/mol. The zero-order chi connectivity index (χ0) is 15.9. The molecule has 0 saturated carbocycles. The van der Waals surface area contributed by atoms with E-state index in [1.54, 1.807) is 0 Å². The molecular weight excluding hydrogens is 296 g/mol. The highest BCUT2D eigenvalue weighted by Gasteiger charge is 2.26. The third-order valence-corrected chi connectivity index (χ3v) is 4.87. The van der Waals surface area contributed by atoms with E-state index in [1.165, 1.54) is 12.0 Å². The number of piperazine rings is 1. The maximum absolute atomic E-state index is 9.37. The van der Waals surface area contributed by atoms with Crippen LogP contribution in [0.5, 0.6) is 0 Å². The first-order valence-corrected chi connectivity index (χ1v) is 8.78. The van der Waals surface area contributed by atoms with Crippen molar-refractivity contribution in [2.75, 3.05) is 32.8 Å². The molecule has 1 heterocycles. The molecule has 1 aliphatic rings. The van der Waals surface area contributed by atoms with Crippen LogP contribution in [0.15, 0.2) is 24.3 Å². The van der Waals surface area contributed by atoms with Crippen LogP contribution in [0, 0.1) is 5.92 Å². The molecule has 1 saturated heterocycles. The lowest BCUT2D eigenvalue weighted by atomic mass is 10.0. The van der Waals surface area contributed by atoms with Gasteiger partial charge in [0.15, 0.2) is 0 Å². The Morgan fingerprint density at radius 3 is 2.73 bits per heavy atom. The van der Waals surface area contributed by atoms with Gasteiger partial charge in [0.1, 0.15) is 0 Å². The highest BCUT2D eigenvalue weighted by molar-refractivity contribution is 6.31. The Bertz CT molecular complexity index is 452. The molecule has 1 aromatic rings. The molecule has 0 unspecified atom stereocenters. The van der Waals surface area contributed by atoms with Gasteiger partial charge in [-0.05, 0) is 36.9 Å². The Balaban J connectivity index is 1.93. The van der Waals surface area contributed by atoms with Gasteiger partial charge in [0.2, 0.25) is 0 Å². The monoisotopic (exact) mass is 324 g/mol. The van der Waals surface area contributed by atoms with E-state index in [2.05, 4.69) is 29.7 Å². The van der Waals surface area contributed by atoms with E-state index < -0.39 is 0 Å². The fraction of sp³-hybridized carbons (Fsp3) is 0.667. The quantitative estimate of drug-likeness (QED) is 0.834. The molecule has 0 radical (unpaired) electrons. The van der Waals surface area contributed by atoms with Gasteiger partial charge in [0, 0.05) is 43.9 Å². The zero-order valence-corrected chi connectivity index (χ0v) is 14.6. The number of hydrogen-bond acceptors (Lipinski definition) is 3. The fourth-order valence-electron chi connectivity index (χ4n) is 3.11. The van der Waals surface area contributed by atoms with Gasteiger partial charge >= 0.3 is 0 Å². The van der Waals surface area contributed by atoms with E-state index in [9.17, 15) is 5.11 Å². The summed E-state index contributed by atoms with van der Waals surface area (Å²) in [6.45, 7) is 10.0. The summed E-state index contributed by atoms with van der Waals surface area (Å²) in [5.74, 6) is 0.732. The van der Waals surface area contributed by atoms with Crippen molar-refractivity contribution in [1.82, 2.24) is 9.80 Å². The van der Waals surface area contributed by atoms with E-state index in [0.717, 1.165) is 50.1 Å². The first kappa shape index (κ1) is 17.7. The van der Waals surface area contributed by atoms with Crippen molar-refractivity contribution in [1.29, 1.82) is 0 Å². The highest BCUT2D eigenvalue weighted by Crippen LogP contribution is 2.20. The molecule has 1 fully saturated rings. The van der Waals surface area contributed by atoms with Crippen molar-refractivity contribution >= 4 is 11.6 Å². The maximum Gasteiger partial charge on any atom is 0.0451 e. The second-order valence-corrected chi connectivity index (χ2v) is 7.12. The Hall–Kier alpha value is -0.610. The van der Waals surface area contributed by atoms with Gasteiger partial charge in [-0.2, -0.15) is 0 Å². The van der Waals surface area contributed by atoms with Gasteiger partial charge in [0.05, 0.1) is 0 Å². The van der Waals surface area contributed by atoms with Gasteiger partial charge in [-0.3, -0.25) is 9.80 Å². The van der Waals surface area contributed by atoms with E-state index in [4.69, 9.17) is 11.6 Å².